The van der Waals surface area contributed by atoms with Crippen LogP contribution in [0, 0.1) is 51.8 Å². The number of sulfonamides is 1. The number of hydrogen-bond acceptors (Lipinski definition) is 6. The summed E-state index contributed by atoms with van der Waals surface area (Å²) in [6, 6.07) is 11.2. The third kappa shape index (κ3) is 5.34. The first-order chi connectivity index (χ1) is 21.8. The Bertz CT molecular complexity index is 1550. The largest absolute Gasteiger partial charge is 0.393 e. The molecule has 3 N–H and O–H groups in total. The van der Waals surface area contributed by atoms with Crippen LogP contribution in [0.5, 0.6) is 0 Å². The van der Waals surface area contributed by atoms with E-state index in [1.165, 1.54) is 32.0 Å². The van der Waals surface area contributed by atoms with Gasteiger partial charge >= 0.3 is 0 Å². The Balaban J connectivity index is 1.04. The van der Waals surface area contributed by atoms with Crippen molar-refractivity contribution in [1.29, 1.82) is 0 Å². The maximum absolute atomic E-state index is 13.3. The Hall–Kier alpha value is -2.00. The summed E-state index contributed by atoms with van der Waals surface area (Å²) >= 11 is 0. The van der Waals surface area contributed by atoms with Gasteiger partial charge in [-0.1, -0.05) is 64.8 Å². The van der Waals surface area contributed by atoms with Gasteiger partial charge in [-0.25, -0.2) is 13.8 Å². The van der Waals surface area contributed by atoms with Crippen molar-refractivity contribution >= 4 is 32.8 Å². The number of hydrogen-bond donors (Lipinski definition) is 3. The minimum Gasteiger partial charge on any atom is -0.393 e. The molecule has 0 bridgehead atoms. The molecule has 3 unspecified atom stereocenters. The topological polar surface area (TPSA) is 98.7 Å². The molecule has 7 nitrogen and oxygen atoms in total. The van der Waals surface area contributed by atoms with E-state index in [1.807, 2.05) is 43.3 Å². The van der Waals surface area contributed by atoms with Gasteiger partial charge in [0.1, 0.15) is 6.29 Å². The minimum absolute atomic E-state index is 0.0508. The zero-order valence-electron chi connectivity index (χ0n) is 28.9. The fourth-order valence-corrected chi connectivity index (χ4v) is 12.9. The molecule has 0 aliphatic heterocycles. The quantitative estimate of drug-likeness (QED) is 0.138. The van der Waals surface area contributed by atoms with E-state index in [2.05, 4.69) is 38.0 Å². The number of fused-ring (bicyclic) bond motifs is 6. The second-order valence-corrected chi connectivity index (χ2v) is 18.1. The van der Waals surface area contributed by atoms with Crippen LogP contribution in [-0.2, 0) is 14.8 Å². The highest BCUT2D eigenvalue weighted by molar-refractivity contribution is 7.89. The molecule has 2 aromatic carbocycles. The third-order valence-electron chi connectivity index (χ3n) is 14.2. The Morgan fingerprint density at radius 1 is 0.957 bits per heavy atom. The Morgan fingerprint density at radius 2 is 1.70 bits per heavy atom. The van der Waals surface area contributed by atoms with Crippen molar-refractivity contribution in [1.82, 2.24) is 10.3 Å². The van der Waals surface area contributed by atoms with Crippen LogP contribution in [0.15, 0.2) is 41.3 Å². The van der Waals surface area contributed by atoms with Gasteiger partial charge in [-0.15, -0.1) is 4.83 Å². The van der Waals surface area contributed by atoms with E-state index in [0.717, 1.165) is 49.6 Å². The summed E-state index contributed by atoms with van der Waals surface area (Å²) in [5.41, 5.74) is 4.28. The predicted octanol–water partition coefficient (Wildman–Crippen LogP) is 6.94. The average Bonchev–Trinajstić information content (AvgIpc) is 3.46. The van der Waals surface area contributed by atoms with Gasteiger partial charge in [-0.2, -0.15) is 0 Å². The molecule has 0 aromatic heterocycles. The number of aliphatic hydroxyl groups excluding tert-OH is 1. The number of aldehydes is 1. The molecule has 46 heavy (non-hydrogen) atoms. The molecule has 0 radical (unpaired) electrons. The lowest BCUT2D eigenvalue weighted by atomic mass is 9.52. The number of carbonyl (C=O) groups is 1. The highest BCUT2D eigenvalue weighted by Gasteiger charge is 2.70. The number of carbonyl (C=O) groups excluding carboxylic acids is 1. The summed E-state index contributed by atoms with van der Waals surface area (Å²) in [4.78, 5) is 17.7. The van der Waals surface area contributed by atoms with Crippen molar-refractivity contribution < 1.29 is 18.3 Å². The van der Waals surface area contributed by atoms with Gasteiger partial charge in [0.05, 0.1) is 11.0 Å². The number of aliphatic hydroxyl groups is 1. The summed E-state index contributed by atoms with van der Waals surface area (Å²) in [5, 5.41) is 12.3. The van der Waals surface area contributed by atoms with Gasteiger partial charge in [0.2, 0.25) is 0 Å². The summed E-state index contributed by atoms with van der Waals surface area (Å²) in [6.07, 6.45) is 11.7. The van der Waals surface area contributed by atoms with Gasteiger partial charge < -0.3 is 14.8 Å². The smallest absolute Gasteiger partial charge is 0.253 e. The van der Waals surface area contributed by atoms with Gasteiger partial charge in [0.15, 0.2) is 0 Å². The van der Waals surface area contributed by atoms with Gasteiger partial charge in [-0.05, 0) is 109 Å². The number of benzene rings is 2. The maximum atomic E-state index is 13.3. The minimum atomic E-state index is -3.72. The summed E-state index contributed by atoms with van der Waals surface area (Å²) in [5.74, 6) is 2.92. The third-order valence-corrected chi connectivity index (χ3v) is 15.6. The molecule has 4 fully saturated rings. The monoisotopic (exact) mass is 651 g/mol. The fourth-order valence-electron chi connectivity index (χ4n) is 11.8. The van der Waals surface area contributed by atoms with Crippen molar-refractivity contribution in [3.05, 3.63) is 36.4 Å². The molecular weight excluding hydrogens is 595 g/mol. The second kappa shape index (κ2) is 12.5. The molecule has 0 saturated heterocycles. The van der Waals surface area contributed by atoms with E-state index in [4.69, 9.17) is 0 Å². The number of nitrogens with one attached hydrogen (secondary N) is 2. The summed E-state index contributed by atoms with van der Waals surface area (Å²) in [7, 11) is 0.204. The summed E-state index contributed by atoms with van der Waals surface area (Å²) < 4.78 is 26.5. The molecule has 4 aliphatic rings. The maximum Gasteiger partial charge on any atom is 0.253 e. The number of unbranched alkanes of at least 4 members (excludes halogenated alkanes) is 1. The SMILES string of the molecule is C[C@H](CCCCNNS(=O)(=O)c1cccc2c(N(C)C)cccc12)[C@H]1CCC2C3C(CC[C@@]21C)[C@@]1(C)CC[C@H](O)C[C@@]1(C)[C@@H]3C=O. The van der Waals surface area contributed by atoms with Gasteiger partial charge in [0, 0.05) is 43.0 Å². The van der Waals surface area contributed by atoms with Crippen molar-refractivity contribution in [2.45, 2.75) is 103 Å². The van der Waals surface area contributed by atoms with Crippen LogP contribution in [-0.4, -0.2) is 46.6 Å². The molecule has 0 amide bonds. The lowest BCUT2D eigenvalue weighted by Crippen LogP contribution is -2.47. The van der Waals surface area contributed by atoms with Crippen molar-refractivity contribution in [2.24, 2.45) is 51.8 Å². The highest BCUT2D eigenvalue weighted by atomic mass is 32.2. The van der Waals surface area contributed by atoms with E-state index in [9.17, 15) is 18.3 Å². The standard InChI is InChI=1S/C38H57N3O4S/c1-25(11-7-8-22-39-40-46(44,45)34-15-10-12-27-28(34)13-9-14-33(27)41(5)6)29-16-17-30-35-31(19-20-36(29,30)2)37(3)21-18-26(43)23-38(37,4)32(35)24-42/h9-10,12-15,24-26,29-32,35,39-40,43H,7-8,11,16-23H2,1-6H3/t25-,26+,29-,30?,31?,32-,35?,36-,37-,38+/m1/s1. The molecule has 10 atom stereocenters. The predicted molar refractivity (Wildman–Crippen MR) is 186 cm³/mol. The van der Waals surface area contributed by atoms with Gasteiger partial charge in [-0.3, -0.25) is 0 Å². The highest BCUT2D eigenvalue weighted by Crippen LogP contribution is 2.75. The van der Waals surface area contributed by atoms with Crippen LogP contribution in [0.25, 0.3) is 10.8 Å². The number of hydrazine groups is 1. The second-order valence-electron chi connectivity index (χ2n) is 16.4. The molecule has 254 valence electrons. The average molecular weight is 652 g/mol. The van der Waals surface area contributed by atoms with Crippen LogP contribution in [0.1, 0.15) is 91.9 Å². The van der Waals surface area contributed by atoms with Crippen molar-refractivity contribution in [2.75, 3.05) is 25.5 Å². The molecular formula is C38H57N3O4S. The fraction of sp³-hybridized carbons (Fsp3) is 0.711. The number of rotatable bonds is 11. The van der Waals surface area contributed by atoms with Crippen molar-refractivity contribution in [3.63, 3.8) is 0 Å². The molecule has 0 heterocycles. The Morgan fingerprint density at radius 3 is 2.43 bits per heavy atom. The van der Waals surface area contributed by atoms with Crippen LogP contribution >= 0.6 is 0 Å². The molecule has 4 saturated carbocycles. The van der Waals surface area contributed by atoms with Crippen LogP contribution in [0.4, 0.5) is 5.69 Å². The number of anilines is 1. The normalized spacial score (nSPS) is 37.8. The zero-order valence-corrected chi connectivity index (χ0v) is 29.7. The van der Waals surface area contributed by atoms with E-state index in [1.54, 1.807) is 12.1 Å². The van der Waals surface area contributed by atoms with E-state index in [-0.39, 0.29) is 33.2 Å². The Kier molecular flexibility index (Phi) is 9.18. The van der Waals surface area contributed by atoms with Crippen LogP contribution in [0.3, 0.4) is 0 Å². The van der Waals surface area contributed by atoms with E-state index in [0.29, 0.717) is 41.5 Å². The number of nitrogens with zero attached hydrogens (tertiary/aromatic N) is 1. The molecule has 0 spiro atoms. The molecule has 8 heteroatoms. The first kappa shape index (κ1) is 33.9. The molecule has 2 aromatic rings. The lowest BCUT2D eigenvalue weighted by molar-refractivity contribution is -0.121. The van der Waals surface area contributed by atoms with Crippen LogP contribution < -0.4 is 15.2 Å². The molecule has 6 rings (SSSR count). The van der Waals surface area contributed by atoms with Gasteiger partial charge in [0.25, 0.3) is 10.0 Å². The van der Waals surface area contributed by atoms with E-state index >= 15 is 0 Å². The lowest BCUT2D eigenvalue weighted by Gasteiger charge is -2.53. The first-order valence-corrected chi connectivity index (χ1v) is 19.3. The van der Waals surface area contributed by atoms with E-state index < -0.39 is 10.0 Å². The molecule has 4 aliphatic carbocycles. The zero-order chi connectivity index (χ0) is 33.1. The summed E-state index contributed by atoms with van der Waals surface area (Å²) in [6.45, 7) is 10.3. The Labute approximate surface area is 277 Å². The van der Waals surface area contributed by atoms with Crippen LogP contribution in [0.2, 0.25) is 0 Å². The first-order valence-electron chi connectivity index (χ1n) is 17.9. The van der Waals surface area contributed by atoms with Crippen molar-refractivity contribution in [3.8, 4) is 0 Å².